The number of hydrogen-bond acceptors (Lipinski definition) is 4. The fraction of sp³-hybridized carbons (Fsp3) is 0.333. The summed E-state index contributed by atoms with van der Waals surface area (Å²) in [6, 6.07) is 14.3. The molecule has 4 rings (SSSR count). The average Bonchev–Trinajstić information content (AvgIpc) is 3.15. The third-order valence-electron chi connectivity index (χ3n) is 4.91. The summed E-state index contributed by atoms with van der Waals surface area (Å²) in [5.41, 5.74) is 4.22. The Kier molecular flexibility index (Phi) is 4.47. The van der Waals surface area contributed by atoms with Gasteiger partial charge in [0.1, 0.15) is 5.65 Å². The van der Waals surface area contributed by atoms with Gasteiger partial charge in [-0.3, -0.25) is 9.20 Å². The first-order valence-corrected chi connectivity index (χ1v) is 9.22. The van der Waals surface area contributed by atoms with E-state index in [-0.39, 0.29) is 11.5 Å². The number of rotatable bonds is 4. The monoisotopic (exact) mass is 348 g/mol. The Morgan fingerprint density at radius 1 is 1.19 bits per heavy atom. The van der Waals surface area contributed by atoms with Gasteiger partial charge in [-0.1, -0.05) is 32.0 Å². The van der Waals surface area contributed by atoms with E-state index in [0.717, 1.165) is 36.5 Å². The highest BCUT2D eigenvalue weighted by atomic mass is 16.1. The third kappa shape index (κ3) is 3.10. The molecule has 0 amide bonds. The van der Waals surface area contributed by atoms with Gasteiger partial charge in [-0.25, -0.2) is 4.98 Å². The lowest BCUT2D eigenvalue weighted by Crippen LogP contribution is -2.22. The van der Waals surface area contributed by atoms with E-state index >= 15 is 0 Å². The zero-order valence-corrected chi connectivity index (χ0v) is 15.2. The van der Waals surface area contributed by atoms with Crippen LogP contribution in [0.25, 0.3) is 16.8 Å². The molecule has 5 heteroatoms. The number of aromatic nitrogens is 2. The van der Waals surface area contributed by atoms with E-state index < -0.39 is 0 Å². The summed E-state index contributed by atoms with van der Waals surface area (Å²) in [5, 5.41) is 6.90. The number of fused-ring (bicyclic) bond motifs is 1. The number of pyridine rings is 1. The molecule has 5 nitrogen and oxygen atoms in total. The van der Waals surface area contributed by atoms with Crippen LogP contribution in [-0.4, -0.2) is 28.5 Å². The zero-order chi connectivity index (χ0) is 18.1. The molecule has 0 radical (unpaired) electrons. The third-order valence-corrected chi connectivity index (χ3v) is 4.91. The molecule has 2 N–H and O–H groups in total. The molecule has 1 aromatic carbocycles. The van der Waals surface area contributed by atoms with E-state index in [2.05, 4.69) is 36.6 Å². The van der Waals surface area contributed by atoms with Gasteiger partial charge in [0, 0.05) is 24.5 Å². The second-order valence-electron chi connectivity index (χ2n) is 7.17. The first kappa shape index (κ1) is 16.8. The van der Waals surface area contributed by atoms with E-state index in [0.29, 0.717) is 17.3 Å². The van der Waals surface area contributed by atoms with Gasteiger partial charge in [-0.2, -0.15) is 0 Å². The Labute approximate surface area is 153 Å². The molecule has 1 aliphatic rings. The van der Waals surface area contributed by atoms with Crippen LogP contribution in [-0.2, 0) is 0 Å². The van der Waals surface area contributed by atoms with Gasteiger partial charge in [0.25, 0.3) is 5.56 Å². The van der Waals surface area contributed by atoms with Crippen molar-refractivity contribution in [1.29, 1.82) is 0 Å². The largest absolute Gasteiger partial charge is 0.381 e. The Morgan fingerprint density at radius 3 is 2.69 bits per heavy atom. The molecule has 0 bridgehead atoms. The van der Waals surface area contributed by atoms with Crippen molar-refractivity contribution in [2.45, 2.75) is 32.2 Å². The molecule has 0 aliphatic carbocycles. The smallest absolute Gasteiger partial charge is 0.266 e. The van der Waals surface area contributed by atoms with Crippen molar-refractivity contribution in [3.63, 3.8) is 0 Å². The predicted octanol–water partition coefficient (Wildman–Crippen LogP) is 3.26. The lowest BCUT2D eigenvalue weighted by molar-refractivity contribution is 0.793. The number of nitrogens with zero attached hydrogens (tertiary/aromatic N) is 2. The van der Waals surface area contributed by atoms with Gasteiger partial charge in [-0.05, 0) is 48.7 Å². The van der Waals surface area contributed by atoms with Crippen molar-refractivity contribution < 1.29 is 0 Å². The highest BCUT2D eigenvalue weighted by Gasteiger charge is 2.18. The molecule has 1 saturated heterocycles. The summed E-state index contributed by atoms with van der Waals surface area (Å²) >= 11 is 0. The summed E-state index contributed by atoms with van der Waals surface area (Å²) in [6.45, 7) is 6.21. The van der Waals surface area contributed by atoms with E-state index in [4.69, 9.17) is 4.98 Å². The van der Waals surface area contributed by atoms with Gasteiger partial charge >= 0.3 is 0 Å². The van der Waals surface area contributed by atoms with E-state index in [1.165, 1.54) is 0 Å². The van der Waals surface area contributed by atoms with Crippen LogP contribution >= 0.6 is 0 Å². The lowest BCUT2D eigenvalue weighted by atomic mass is 9.98. The molecule has 0 spiro atoms. The molecule has 26 heavy (non-hydrogen) atoms. The van der Waals surface area contributed by atoms with Crippen molar-refractivity contribution in [1.82, 2.24) is 14.7 Å². The predicted molar refractivity (Wildman–Crippen MR) is 106 cm³/mol. The standard InChI is InChI=1S/C21H24N4O/c1-14(2)20-19(21(26)25-12-4-3-5-18(25)24-20)15-6-8-16(9-7-15)23-17-10-11-22-13-17/h3-9,12,14,17,22-23H,10-11,13H2,1-2H3. The molecular weight excluding hydrogens is 324 g/mol. The Balaban J connectivity index is 1.76. The lowest BCUT2D eigenvalue weighted by Gasteiger charge is -2.15. The minimum Gasteiger partial charge on any atom is -0.381 e. The molecule has 1 atom stereocenters. The summed E-state index contributed by atoms with van der Waals surface area (Å²) in [4.78, 5) is 17.9. The van der Waals surface area contributed by atoms with Gasteiger partial charge < -0.3 is 10.6 Å². The fourth-order valence-corrected chi connectivity index (χ4v) is 3.54. The van der Waals surface area contributed by atoms with Crippen LogP contribution in [0.15, 0.2) is 53.5 Å². The van der Waals surface area contributed by atoms with Crippen LogP contribution in [0.5, 0.6) is 0 Å². The zero-order valence-electron chi connectivity index (χ0n) is 15.2. The van der Waals surface area contributed by atoms with Crippen molar-refractivity contribution >= 4 is 11.3 Å². The van der Waals surface area contributed by atoms with E-state index in [1.807, 2.05) is 30.3 Å². The topological polar surface area (TPSA) is 58.4 Å². The summed E-state index contributed by atoms with van der Waals surface area (Å²) in [5.74, 6) is 0.172. The molecule has 3 aromatic rings. The number of benzene rings is 1. The molecule has 0 saturated carbocycles. The van der Waals surface area contributed by atoms with Gasteiger partial charge in [0.05, 0.1) is 11.3 Å². The Morgan fingerprint density at radius 2 is 2.00 bits per heavy atom. The van der Waals surface area contributed by atoms with Crippen molar-refractivity contribution in [3.8, 4) is 11.1 Å². The summed E-state index contributed by atoms with van der Waals surface area (Å²) in [6.07, 6.45) is 2.91. The SMILES string of the molecule is CC(C)c1nc2ccccn2c(=O)c1-c1ccc(NC2CCNC2)cc1. The Bertz CT molecular complexity index is 969. The van der Waals surface area contributed by atoms with Crippen molar-refractivity contribution in [2.75, 3.05) is 18.4 Å². The minimum atomic E-state index is -0.0139. The fourth-order valence-electron chi connectivity index (χ4n) is 3.54. The van der Waals surface area contributed by atoms with Gasteiger partial charge in [0.2, 0.25) is 0 Å². The number of anilines is 1. The summed E-state index contributed by atoms with van der Waals surface area (Å²) < 4.78 is 1.62. The highest BCUT2D eigenvalue weighted by Crippen LogP contribution is 2.26. The van der Waals surface area contributed by atoms with E-state index in [1.54, 1.807) is 10.6 Å². The molecule has 1 unspecified atom stereocenters. The minimum absolute atomic E-state index is 0.0139. The van der Waals surface area contributed by atoms with Gasteiger partial charge in [-0.15, -0.1) is 0 Å². The second kappa shape index (κ2) is 6.92. The average molecular weight is 348 g/mol. The van der Waals surface area contributed by atoms with Crippen LogP contribution in [0.2, 0.25) is 0 Å². The molecule has 2 aromatic heterocycles. The summed E-state index contributed by atoms with van der Waals surface area (Å²) in [7, 11) is 0. The van der Waals surface area contributed by atoms with Crippen LogP contribution in [0.4, 0.5) is 5.69 Å². The quantitative estimate of drug-likeness (QED) is 0.760. The molecule has 1 fully saturated rings. The van der Waals surface area contributed by atoms with Crippen LogP contribution in [0, 0.1) is 0 Å². The second-order valence-corrected chi connectivity index (χ2v) is 7.17. The van der Waals surface area contributed by atoms with Crippen LogP contribution in [0.1, 0.15) is 31.9 Å². The maximum atomic E-state index is 13.1. The number of hydrogen-bond donors (Lipinski definition) is 2. The molecule has 3 heterocycles. The first-order chi connectivity index (χ1) is 12.6. The van der Waals surface area contributed by atoms with Crippen molar-refractivity contribution in [2.24, 2.45) is 0 Å². The normalized spacial score (nSPS) is 17.1. The van der Waals surface area contributed by atoms with Crippen molar-refractivity contribution in [3.05, 3.63) is 64.7 Å². The number of nitrogens with one attached hydrogen (secondary N) is 2. The maximum absolute atomic E-state index is 13.1. The maximum Gasteiger partial charge on any atom is 0.266 e. The molecule has 134 valence electrons. The Hall–Kier alpha value is -2.66. The molecule has 1 aliphatic heterocycles. The van der Waals surface area contributed by atoms with E-state index in [9.17, 15) is 4.79 Å². The molecular formula is C21H24N4O. The van der Waals surface area contributed by atoms with Crippen LogP contribution < -0.4 is 16.2 Å². The van der Waals surface area contributed by atoms with Gasteiger partial charge in [0.15, 0.2) is 0 Å². The first-order valence-electron chi connectivity index (χ1n) is 9.22. The highest BCUT2D eigenvalue weighted by molar-refractivity contribution is 5.69. The van der Waals surface area contributed by atoms with Crippen LogP contribution in [0.3, 0.4) is 0 Å².